The highest BCUT2D eigenvalue weighted by molar-refractivity contribution is 9.10. The van der Waals surface area contributed by atoms with Gasteiger partial charge >= 0.3 is 0 Å². The van der Waals surface area contributed by atoms with Crippen LogP contribution in [0.3, 0.4) is 0 Å². The van der Waals surface area contributed by atoms with E-state index in [1.807, 2.05) is 12.1 Å². The molecule has 2 nitrogen and oxygen atoms in total. The summed E-state index contributed by atoms with van der Waals surface area (Å²) in [5.74, 6) is 0.916. The van der Waals surface area contributed by atoms with Gasteiger partial charge in [0.1, 0.15) is 12.4 Å². The summed E-state index contributed by atoms with van der Waals surface area (Å²) in [4.78, 5) is 0. The fourth-order valence-electron chi connectivity index (χ4n) is 1.24. The minimum Gasteiger partial charge on any atom is -1.00 e. The van der Waals surface area contributed by atoms with Crippen LogP contribution in [0.15, 0.2) is 35.3 Å². The molecular formula is C12H16BrClNO-. The van der Waals surface area contributed by atoms with Crippen LogP contribution in [0.4, 0.5) is 0 Å². The van der Waals surface area contributed by atoms with E-state index in [1.54, 1.807) is 6.08 Å². The minimum absolute atomic E-state index is 0. The molecule has 0 aliphatic rings. The SMILES string of the molecule is C=CCOc1ccc(Br)cc1CNCC.[Cl-]. The Labute approximate surface area is 112 Å². The van der Waals surface area contributed by atoms with Gasteiger partial charge in [-0.25, -0.2) is 0 Å². The molecule has 0 bridgehead atoms. The molecule has 1 aromatic carbocycles. The van der Waals surface area contributed by atoms with E-state index in [0.717, 1.165) is 28.9 Å². The molecule has 4 heteroatoms. The second-order valence-electron chi connectivity index (χ2n) is 3.13. The molecule has 0 aliphatic heterocycles. The maximum absolute atomic E-state index is 5.56. The van der Waals surface area contributed by atoms with Gasteiger partial charge in [-0.15, -0.1) is 0 Å². The lowest BCUT2D eigenvalue weighted by molar-refractivity contribution is -0.00000344. The van der Waals surface area contributed by atoms with Crippen LogP contribution in [0.2, 0.25) is 0 Å². The summed E-state index contributed by atoms with van der Waals surface area (Å²) in [6, 6.07) is 6.02. The van der Waals surface area contributed by atoms with Gasteiger partial charge in [-0.2, -0.15) is 0 Å². The number of rotatable bonds is 6. The Bertz CT molecular complexity index is 331. The third-order valence-corrected chi connectivity index (χ3v) is 2.44. The van der Waals surface area contributed by atoms with Gasteiger partial charge in [0.2, 0.25) is 0 Å². The Hall–Kier alpha value is -0.510. The molecule has 0 saturated heterocycles. The Kier molecular flexibility index (Phi) is 8.35. The summed E-state index contributed by atoms with van der Waals surface area (Å²) in [5, 5.41) is 3.28. The van der Waals surface area contributed by atoms with Crippen LogP contribution in [0.1, 0.15) is 12.5 Å². The molecule has 0 amide bonds. The van der Waals surface area contributed by atoms with E-state index >= 15 is 0 Å². The predicted octanol–water partition coefficient (Wildman–Crippen LogP) is 0.127. The number of hydrogen-bond donors (Lipinski definition) is 1. The van der Waals surface area contributed by atoms with Crippen LogP contribution in [-0.2, 0) is 6.54 Å². The molecule has 16 heavy (non-hydrogen) atoms. The van der Waals surface area contributed by atoms with Crippen molar-refractivity contribution in [3.05, 3.63) is 40.9 Å². The van der Waals surface area contributed by atoms with Crippen molar-refractivity contribution in [2.75, 3.05) is 13.2 Å². The summed E-state index contributed by atoms with van der Waals surface area (Å²) in [6.45, 7) is 8.04. The van der Waals surface area contributed by atoms with E-state index < -0.39 is 0 Å². The highest BCUT2D eigenvalue weighted by atomic mass is 79.9. The van der Waals surface area contributed by atoms with Gasteiger partial charge in [-0.3, -0.25) is 0 Å². The molecule has 1 aromatic rings. The van der Waals surface area contributed by atoms with Crippen molar-refractivity contribution >= 4 is 15.9 Å². The Morgan fingerprint density at radius 2 is 2.25 bits per heavy atom. The zero-order chi connectivity index (χ0) is 11.1. The number of benzene rings is 1. The zero-order valence-electron chi connectivity index (χ0n) is 9.30. The molecule has 0 aromatic heterocycles. The Morgan fingerprint density at radius 3 is 2.88 bits per heavy atom. The number of ether oxygens (including phenoxy) is 1. The summed E-state index contributed by atoms with van der Waals surface area (Å²) >= 11 is 3.45. The smallest absolute Gasteiger partial charge is 0.124 e. The third-order valence-electron chi connectivity index (χ3n) is 1.94. The van der Waals surface area contributed by atoms with Crippen molar-refractivity contribution in [3.8, 4) is 5.75 Å². The van der Waals surface area contributed by atoms with Gasteiger partial charge in [0.25, 0.3) is 0 Å². The van der Waals surface area contributed by atoms with E-state index in [4.69, 9.17) is 4.74 Å². The van der Waals surface area contributed by atoms with E-state index in [9.17, 15) is 0 Å². The van der Waals surface area contributed by atoms with Gasteiger partial charge in [-0.1, -0.05) is 35.5 Å². The maximum atomic E-state index is 5.56. The highest BCUT2D eigenvalue weighted by Gasteiger charge is 2.03. The molecule has 0 atom stereocenters. The van der Waals surface area contributed by atoms with E-state index in [2.05, 4.69) is 40.8 Å². The van der Waals surface area contributed by atoms with Crippen LogP contribution in [0, 0.1) is 0 Å². The molecule has 90 valence electrons. The first-order valence-electron chi connectivity index (χ1n) is 5.00. The van der Waals surface area contributed by atoms with Crippen LogP contribution >= 0.6 is 15.9 Å². The lowest BCUT2D eigenvalue weighted by atomic mass is 10.2. The van der Waals surface area contributed by atoms with Gasteiger partial charge < -0.3 is 22.5 Å². The minimum atomic E-state index is 0. The van der Waals surface area contributed by atoms with Crippen LogP contribution in [0.5, 0.6) is 5.75 Å². The van der Waals surface area contributed by atoms with Gasteiger partial charge in [-0.05, 0) is 24.7 Å². The maximum Gasteiger partial charge on any atom is 0.124 e. The Morgan fingerprint density at radius 1 is 1.50 bits per heavy atom. The molecular weight excluding hydrogens is 289 g/mol. The quantitative estimate of drug-likeness (QED) is 0.754. The molecule has 0 heterocycles. The fraction of sp³-hybridized carbons (Fsp3) is 0.333. The Balaban J connectivity index is 0.00000225. The van der Waals surface area contributed by atoms with Gasteiger partial charge in [0, 0.05) is 16.6 Å². The first-order valence-corrected chi connectivity index (χ1v) is 5.80. The predicted molar refractivity (Wildman–Crippen MR) is 67.2 cm³/mol. The monoisotopic (exact) mass is 304 g/mol. The average Bonchev–Trinajstić information content (AvgIpc) is 2.25. The topological polar surface area (TPSA) is 21.3 Å². The summed E-state index contributed by atoms with van der Waals surface area (Å²) in [6.07, 6.45) is 1.75. The largest absolute Gasteiger partial charge is 1.00 e. The van der Waals surface area contributed by atoms with Crippen molar-refractivity contribution in [2.24, 2.45) is 0 Å². The van der Waals surface area contributed by atoms with Crippen LogP contribution in [-0.4, -0.2) is 13.2 Å². The zero-order valence-corrected chi connectivity index (χ0v) is 11.6. The van der Waals surface area contributed by atoms with Crippen molar-refractivity contribution in [3.63, 3.8) is 0 Å². The third kappa shape index (κ3) is 5.01. The first-order chi connectivity index (χ1) is 7.27. The normalized spacial score (nSPS) is 9.38. The van der Waals surface area contributed by atoms with E-state index in [1.165, 1.54) is 0 Å². The molecule has 1 N–H and O–H groups in total. The lowest BCUT2D eigenvalue weighted by Gasteiger charge is -2.10. The van der Waals surface area contributed by atoms with Crippen LogP contribution in [0.25, 0.3) is 0 Å². The van der Waals surface area contributed by atoms with Crippen molar-refractivity contribution in [1.82, 2.24) is 5.32 Å². The van der Waals surface area contributed by atoms with Crippen molar-refractivity contribution in [1.29, 1.82) is 0 Å². The van der Waals surface area contributed by atoms with Gasteiger partial charge in [0.05, 0.1) is 0 Å². The molecule has 0 spiro atoms. The fourth-order valence-corrected chi connectivity index (χ4v) is 1.64. The second-order valence-corrected chi connectivity index (χ2v) is 4.05. The molecule has 0 aliphatic carbocycles. The number of halogens is 2. The summed E-state index contributed by atoms with van der Waals surface area (Å²) < 4.78 is 6.63. The van der Waals surface area contributed by atoms with E-state index in [0.29, 0.717) is 6.61 Å². The number of nitrogens with one attached hydrogen (secondary N) is 1. The van der Waals surface area contributed by atoms with Gasteiger partial charge in [0.15, 0.2) is 0 Å². The molecule has 0 radical (unpaired) electrons. The number of hydrogen-bond acceptors (Lipinski definition) is 2. The molecule has 0 fully saturated rings. The van der Waals surface area contributed by atoms with Crippen molar-refractivity contribution in [2.45, 2.75) is 13.5 Å². The van der Waals surface area contributed by atoms with Crippen LogP contribution < -0.4 is 22.5 Å². The standard InChI is InChI=1S/C12H16BrNO.ClH/c1-3-7-15-12-6-5-11(13)8-10(12)9-14-4-2;/h3,5-6,8,14H,1,4,7,9H2,2H3;1H/p-1. The highest BCUT2D eigenvalue weighted by Crippen LogP contribution is 2.23. The summed E-state index contributed by atoms with van der Waals surface area (Å²) in [5.41, 5.74) is 1.16. The molecule has 1 rings (SSSR count). The summed E-state index contributed by atoms with van der Waals surface area (Å²) in [7, 11) is 0. The molecule has 0 saturated carbocycles. The average molecular weight is 306 g/mol. The van der Waals surface area contributed by atoms with E-state index in [-0.39, 0.29) is 12.4 Å². The first kappa shape index (κ1) is 15.5. The second kappa shape index (κ2) is 8.62. The van der Waals surface area contributed by atoms with Crippen molar-refractivity contribution < 1.29 is 17.1 Å². The molecule has 0 unspecified atom stereocenters. The lowest BCUT2D eigenvalue weighted by Crippen LogP contribution is -3.00.